The zero-order valence-corrected chi connectivity index (χ0v) is 9.99. The van der Waals surface area contributed by atoms with E-state index in [9.17, 15) is 5.11 Å². The lowest BCUT2D eigenvalue weighted by Crippen LogP contribution is -1.83. The van der Waals surface area contributed by atoms with Gasteiger partial charge in [-0.1, -0.05) is 57.2 Å². The van der Waals surface area contributed by atoms with E-state index < -0.39 is 0 Å². The summed E-state index contributed by atoms with van der Waals surface area (Å²) in [4.78, 5) is 0. The Morgan fingerprint density at radius 1 is 0.714 bits per heavy atom. The fraction of sp³-hybridized carbons (Fsp3) is 0.917. The van der Waals surface area contributed by atoms with Crippen molar-refractivity contribution in [3.05, 3.63) is 0 Å². The zero-order valence-electron chi connectivity index (χ0n) is 9.17. The molecule has 0 spiro atoms. The van der Waals surface area contributed by atoms with Gasteiger partial charge in [0.15, 0.2) is 0 Å². The van der Waals surface area contributed by atoms with Crippen molar-refractivity contribution in [3.8, 4) is 0 Å². The fourth-order valence-electron chi connectivity index (χ4n) is 1.57. The number of thiocarbonyl (C=S) groups is 1. The van der Waals surface area contributed by atoms with Crippen LogP contribution in [0.4, 0.5) is 0 Å². The molecule has 0 saturated heterocycles. The second-order valence-corrected chi connectivity index (χ2v) is 4.17. The highest BCUT2D eigenvalue weighted by Gasteiger charge is 1.91. The highest BCUT2D eigenvalue weighted by Crippen LogP contribution is 2.09. The van der Waals surface area contributed by atoms with Crippen molar-refractivity contribution >= 4 is 17.6 Å². The maximum Gasteiger partial charge on any atom is 0.0822 e. The van der Waals surface area contributed by atoms with Crippen LogP contribution in [0.2, 0.25) is 0 Å². The van der Waals surface area contributed by atoms with Crippen LogP contribution in [0, 0.1) is 0 Å². The molecule has 0 rings (SSSR count). The van der Waals surface area contributed by atoms with Crippen molar-refractivity contribution in [2.45, 2.75) is 64.2 Å². The molecule has 0 heterocycles. The SMILES string of the molecule is [O]CCCCCCCCCCCC=S. The lowest BCUT2D eigenvalue weighted by Gasteiger charge is -2.00. The van der Waals surface area contributed by atoms with Gasteiger partial charge in [-0.3, -0.25) is 0 Å². The molecular formula is C12H23OS. The molecule has 0 N–H and O–H groups in total. The van der Waals surface area contributed by atoms with Gasteiger partial charge in [-0.2, -0.15) is 0 Å². The average Bonchev–Trinajstić information content (AvgIpc) is 2.21. The third-order valence-corrected chi connectivity index (χ3v) is 2.70. The van der Waals surface area contributed by atoms with Crippen LogP contribution in [0.5, 0.6) is 0 Å². The maximum absolute atomic E-state index is 10.2. The second-order valence-electron chi connectivity index (χ2n) is 3.84. The molecule has 2 heteroatoms. The molecule has 14 heavy (non-hydrogen) atoms. The largest absolute Gasteiger partial charge is 0.237 e. The predicted octanol–water partition coefficient (Wildman–Crippen LogP) is 4.32. The first kappa shape index (κ1) is 14.1. The normalized spacial score (nSPS) is 10.4. The molecule has 0 aliphatic rings. The van der Waals surface area contributed by atoms with Gasteiger partial charge in [0, 0.05) is 0 Å². The van der Waals surface area contributed by atoms with E-state index in [-0.39, 0.29) is 6.61 Å². The summed E-state index contributed by atoms with van der Waals surface area (Å²) in [5.74, 6) is 0. The van der Waals surface area contributed by atoms with Gasteiger partial charge in [0.2, 0.25) is 0 Å². The van der Waals surface area contributed by atoms with E-state index in [0.29, 0.717) is 0 Å². The zero-order chi connectivity index (χ0) is 10.5. The molecular weight excluding hydrogens is 192 g/mol. The molecule has 0 aromatic heterocycles. The van der Waals surface area contributed by atoms with E-state index >= 15 is 0 Å². The maximum atomic E-state index is 10.2. The van der Waals surface area contributed by atoms with Crippen LogP contribution in [0.15, 0.2) is 0 Å². The summed E-state index contributed by atoms with van der Waals surface area (Å²) in [6.07, 6.45) is 12.3. The molecule has 0 aliphatic carbocycles. The summed E-state index contributed by atoms with van der Waals surface area (Å²) in [7, 11) is 0. The number of hydrogen-bond acceptors (Lipinski definition) is 1. The molecule has 1 radical (unpaired) electrons. The highest BCUT2D eigenvalue weighted by atomic mass is 32.1. The van der Waals surface area contributed by atoms with E-state index in [0.717, 1.165) is 19.3 Å². The van der Waals surface area contributed by atoms with Gasteiger partial charge in [-0.05, 0) is 24.6 Å². The van der Waals surface area contributed by atoms with Gasteiger partial charge in [-0.25, -0.2) is 5.11 Å². The molecule has 0 aliphatic heterocycles. The van der Waals surface area contributed by atoms with Crippen LogP contribution in [0.1, 0.15) is 64.2 Å². The van der Waals surface area contributed by atoms with Crippen molar-refractivity contribution in [2.24, 2.45) is 0 Å². The standard InChI is InChI=1S/C12H23OS/c13-11-9-7-5-3-1-2-4-6-8-10-12-14/h12H,1-11H2. The molecule has 0 aromatic carbocycles. The monoisotopic (exact) mass is 215 g/mol. The summed E-state index contributed by atoms with van der Waals surface area (Å²) in [6.45, 7) is 0.109. The van der Waals surface area contributed by atoms with Crippen molar-refractivity contribution in [2.75, 3.05) is 6.61 Å². The Morgan fingerprint density at radius 2 is 1.14 bits per heavy atom. The molecule has 0 fully saturated rings. The summed E-state index contributed by atoms with van der Waals surface area (Å²) in [5, 5.41) is 12.0. The van der Waals surface area contributed by atoms with Crippen molar-refractivity contribution in [1.29, 1.82) is 0 Å². The van der Waals surface area contributed by atoms with E-state index in [1.54, 1.807) is 0 Å². The predicted molar refractivity (Wildman–Crippen MR) is 65.4 cm³/mol. The Morgan fingerprint density at radius 3 is 1.57 bits per heavy atom. The quantitative estimate of drug-likeness (QED) is 0.371. The minimum absolute atomic E-state index is 0.109. The molecule has 0 unspecified atom stereocenters. The lowest BCUT2D eigenvalue weighted by atomic mass is 10.1. The summed E-state index contributed by atoms with van der Waals surface area (Å²) >= 11 is 4.76. The van der Waals surface area contributed by atoms with Crippen LogP contribution in [-0.4, -0.2) is 12.0 Å². The van der Waals surface area contributed by atoms with Gasteiger partial charge in [0.05, 0.1) is 6.61 Å². The third-order valence-electron chi connectivity index (χ3n) is 2.47. The Bertz CT molecular complexity index is 115. The Kier molecular flexibility index (Phi) is 13.1. The smallest absolute Gasteiger partial charge is 0.0822 e. The number of rotatable bonds is 11. The topological polar surface area (TPSA) is 19.9 Å². The Hall–Kier alpha value is 0.0500. The van der Waals surface area contributed by atoms with Gasteiger partial charge in [0.25, 0.3) is 0 Å². The van der Waals surface area contributed by atoms with E-state index in [4.69, 9.17) is 12.2 Å². The highest BCUT2D eigenvalue weighted by molar-refractivity contribution is 7.78. The molecule has 0 bridgehead atoms. The summed E-state index contributed by atoms with van der Waals surface area (Å²) < 4.78 is 0. The first-order chi connectivity index (χ1) is 6.91. The Labute approximate surface area is 93.9 Å². The third kappa shape index (κ3) is 12.0. The first-order valence-corrected chi connectivity index (χ1v) is 6.40. The first-order valence-electron chi connectivity index (χ1n) is 5.93. The van der Waals surface area contributed by atoms with Crippen LogP contribution in [0.3, 0.4) is 0 Å². The van der Waals surface area contributed by atoms with Crippen molar-refractivity contribution < 1.29 is 5.11 Å². The lowest BCUT2D eigenvalue weighted by molar-refractivity contribution is 0.186. The minimum atomic E-state index is 0.109. The molecule has 0 aromatic rings. The van der Waals surface area contributed by atoms with Crippen LogP contribution < -0.4 is 0 Å². The fourth-order valence-corrected chi connectivity index (χ4v) is 1.73. The van der Waals surface area contributed by atoms with Crippen LogP contribution >= 0.6 is 12.2 Å². The Balaban J connectivity index is 2.81. The molecule has 83 valence electrons. The molecule has 0 atom stereocenters. The van der Waals surface area contributed by atoms with E-state index in [1.165, 1.54) is 44.9 Å². The average molecular weight is 215 g/mol. The second kappa shape index (κ2) is 13.1. The van der Waals surface area contributed by atoms with E-state index in [2.05, 4.69) is 0 Å². The van der Waals surface area contributed by atoms with Crippen molar-refractivity contribution in [3.63, 3.8) is 0 Å². The van der Waals surface area contributed by atoms with Gasteiger partial charge in [0.1, 0.15) is 0 Å². The van der Waals surface area contributed by atoms with Gasteiger partial charge >= 0.3 is 0 Å². The molecule has 0 amide bonds. The van der Waals surface area contributed by atoms with Gasteiger partial charge in [-0.15, -0.1) is 0 Å². The van der Waals surface area contributed by atoms with Crippen molar-refractivity contribution in [1.82, 2.24) is 0 Å². The minimum Gasteiger partial charge on any atom is -0.237 e. The number of hydrogen-bond donors (Lipinski definition) is 0. The summed E-state index contributed by atoms with van der Waals surface area (Å²) in [6, 6.07) is 0. The van der Waals surface area contributed by atoms with Crippen LogP contribution in [0.25, 0.3) is 0 Å². The number of unbranched alkanes of at least 4 members (excludes halogenated alkanes) is 9. The van der Waals surface area contributed by atoms with E-state index in [1.807, 2.05) is 5.37 Å². The van der Waals surface area contributed by atoms with Crippen LogP contribution in [-0.2, 0) is 5.11 Å². The molecule has 0 saturated carbocycles. The van der Waals surface area contributed by atoms with Gasteiger partial charge < -0.3 is 0 Å². The molecule has 1 nitrogen and oxygen atoms in total. The summed E-state index contributed by atoms with van der Waals surface area (Å²) in [5.41, 5.74) is 0.